The molecule has 2 aromatic carbocycles. The highest BCUT2D eigenvalue weighted by atomic mass is 19.4. The summed E-state index contributed by atoms with van der Waals surface area (Å²) in [5, 5.41) is 2.67. The van der Waals surface area contributed by atoms with Crippen molar-refractivity contribution in [3.8, 4) is 0 Å². The molecule has 1 heterocycles. The Morgan fingerprint density at radius 2 is 1.76 bits per heavy atom. The van der Waals surface area contributed by atoms with Crippen molar-refractivity contribution in [3.63, 3.8) is 0 Å². The largest absolute Gasteiger partial charge is 0.416 e. The van der Waals surface area contributed by atoms with Gasteiger partial charge in [0.2, 0.25) is 18.0 Å². The maximum atomic E-state index is 13.5. The van der Waals surface area contributed by atoms with E-state index in [1.165, 1.54) is 30.2 Å². The number of benzodiazepines with no additional fused rings is 1. The van der Waals surface area contributed by atoms with Gasteiger partial charge in [-0.1, -0.05) is 50.3 Å². The predicted octanol–water partition coefficient (Wildman–Crippen LogP) is 4.30. The molecule has 1 aliphatic heterocycles. The van der Waals surface area contributed by atoms with E-state index >= 15 is 0 Å². The third-order valence-electron chi connectivity index (χ3n) is 6.44. The van der Waals surface area contributed by atoms with Crippen LogP contribution in [-0.4, -0.2) is 36.6 Å². The number of fused-ring (bicyclic) bond motifs is 1. The summed E-state index contributed by atoms with van der Waals surface area (Å²) in [4.78, 5) is 45.0. The van der Waals surface area contributed by atoms with Crippen molar-refractivity contribution in [1.82, 2.24) is 5.32 Å². The molecule has 202 valence electrons. The highest BCUT2D eigenvalue weighted by Gasteiger charge is 2.37. The summed E-state index contributed by atoms with van der Waals surface area (Å²) >= 11 is 0. The summed E-state index contributed by atoms with van der Waals surface area (Å²) < 4.78 is 39.4. The van der Waals surface area contributed by atoms with Gasteiger partial charge in [-0.3, -0.25) is 14.4 Å². The minimum atomic E-state index is -4.51. The number of nitrogens with two attached hydrogens (primary N) is 1. The zero-order chi connectivity index (χ0) is 28.2. The SMILES string of the molecule is C=CCC(C(N)=O)C(CC(C)C)C(=O)N[C@H]1N=C(c2ccc(C(F)(F)F)cc2)c2ccccc2N(C)C1=O. The van der Waals surface area contributed by atoms with Crippen LogP contribution in [0.5, 0.6) is 0 Å². The normalized spacial score (nSPS) is 17.2. The molecule has 3 atom stereocenters. The Hall–Kier alpha value is -3.95. The Balaban J connectivity index is 2.07. The first-order valence-electron chi connectivity index (χ1n) is 12.2. The van der Waals surface area contributed by atoms with Crippen LogP contribution in [0.3, 0.4) is 0 Å². The number of hydrogen-bond donors (Lipinski definition) is 2. The molecule has 0 bridgehead atoms. The molecular weight excluding hydrogens is 497 g/mol. The van der Waals surface area contributed by atoms with E-state index in [2.05, 4.69) is 16.9 Å². The fourth-order valence-electron chi connectivity index (χ4n) is 4.53. The third-order valence-corrected chi connectivity index (χ3v) is 6.44. The number of nitrogens with zero attached hydrogens (tertiary/aromatic N) is 2. The maximum Gasteiger partial charge on any atom is 0.416 e. The molecule has 3 amide bonds. The van der Waals surface area contributed by atoms with Crippen LogP contribution in [0.4, 0.5) is 18.9 Å². The summed E-state index contributed by atoms with van der Waals surface area (Å²) in [5.74, 6) is -3.40. The Morgan fingerprint density at radius 3 is 2.32 bits per heavy atom. The molecule has 3 N–H and O–H groups in total. The number of hydrogen-bond acceptors (Lipinski definition) is 4. The number of nitrogens with one attached hydrogen (secondary N) is 1. The van der Waals surface area contributed by atoms with E-state index in [1.807, 2.05) is 13.8 Å². The van der Waals surface area contributed by atoms with Gasteiger partial charge < -0.3 is 16.0 Å². The van der Waals surface area contributed by atoms with Crippen LogP contribution in [0, 0.1) is 17.8 Å². The number of alkyl halides is 3. The lowest BCUT2D eigenvalue weighted by atomic mass is 9.82. The van der Waals surface area contributed by atoms with Gasteiger partial charge in [-0.05, 0) is 37.0 Å². The number of primary amides is 1. The van der Waals surface area contributed by atoms with Gasteiger partial charge >= 0.3 is 6.18 Å². The van der Waals surface area contributed by atoms with Gasteiger partial charge in [-0.15, -0.1) is 6.58 Å². The van der Waals surface area contributed by atoms with Crippen LogP contribution in [0.25, 0.3) is 0 Å². The van der Waals surface area contributed by atoms with E-state index in [4.69, 9.17) is 5.73 Å². The first-order chi connectivity index (χ1) is 17.8. The van der Waals surface area contributed by atoms with Gasteiger partial charge in [0.15, 0.2) is 0 Å². The van der Waals surface area contributed by atoms with Crippen LogP contribution in [0.15, 0.2) is 66.2 Å². The van der Waals surface area contributed by atoms with Gasteiger partial charge in [0.05, 0.1) is 28.8 Å². The first kappa shape index (κ1) is 28.6. The van der Waals surface area contributed by atoms with Crippen LogP contribution < -0.4 is 16.0 Å². The average Bonchev–Trinajstić information content (AvgIpc) is 2.96. The van der Waals surface area contributed by atoms with Gasteiger partial charge in [-0.2, -0.15) is 13.2 Å². The number of carbonyl (C=O) groups excluding carboxylic acids is 3. The van der Waals surface area contributed by atoms with Crippen molar-refractivity contribution < 1.29 is 27.6 Å². The zero-order valence-corrected chi connectivity index (χ0v) is 21.5. The summed E-state index contributed by atoms with van der Waals surface area (Å²) in [6.07, 6.45) is -3.87. The summed E-state index contributed by atoms with van der Waals surface area (Å²) in [6, 6.07) is 11.3. The van der Waals surface area contributed by atoms with E-state index in [0.717, 1.165) is 12.1 Å². The second kappa shape index (κ2) is 11.6. The van der Waals surface area contributed by atoms with E-state index in [-0.39, 0.29) is 18.1 Å². The number of aliphatic imine (C=N–C) groups is 1. The minimum Gasteiger partial charge on any atom is -0.369 e. The molecule has 0 radical (unpaired) electrons. The summed E-state index contributed by atoms with van der Waals surface area (Å²) in [5.41, 5.74) is 6.35. The van der Waals surface area contributed by atoms with Crippen molar-refractivity contribution in [2.24, 2.45) is 28.5 Å². The molecular formula is C28H31F3N4O3. The van der Waals surface area contributed by atoms with Crippen molar-refractivity contribution >= 4 is 29.1 Å². The fraction of sp³-hybridized carbons (Fsp3) is 0.357. The van der Waals surface area contributed by atoms with Crippen LogP contribution in [0.1, 0.15) is 43.4 Å². The van der Waals surface area contributed by atoms with Crippen molar-refractivity contribution in [2.45, 2.75) is 39.0 Å². The van der Waals surface area contributed by atoms with Crippen molar-refractivity contribution in [2.75, 3.05) is 11.9 Å². The zero-order valence-electron chi connectivity index (χ0n) is 21.5. The van der Waals surface area contributed by atoms with E-state index in [0.29, 0.717) is 23.2 Å². The molecule has 0 spiro atoms. The minimum absolute atomic E-state index is 0.0420. The quantitative estimate of drug-likeness (QED) is 0.474. The van der Waals surface area contributed by atoms with Gasteiger partial charge in [0.25, 0.3) is 5.91 Å². The summed E-state index contributed by atoms with van der Waals surface area (Å²) in [6.45, 7) is 7.44. The fourth-order valence-corrected chi connectivity index (χ4v) is 4.53. The van der Waals surface area contributed by atoms with Crippen LogP contribution in [-0.2, 0) is 20.6 Å². The highest BCUT2D eigenvalue weighted by molar-refractivity contribution is 6.20. The second-order valence-corrected chi connectivity index (χ2v) is 9.65. The Kier molecular flexibility index (Phi) is 8.75. The molecule has 3 rings (SSSR count). The first-order valence-corrected chi connectivity index (χ1v) is 12.2. The molecule has 0 aromatic heterocycles. The number of allylic oxidation sites excluding steroid dienone is 1. The van der Waals surface area contributed by atoms with Crippen molar-refractivity contribution in [3.05, 3.63) is 77.9 Å². The number of amides is 3. The standard InChI is InChI=1S/C28H31F3N4O3/c1-5-8-19(24(32)36)21(15-16(2)3)26(37)34-25-27(38)35(4)22-10-7-6-9-20(22)23(33-25)17-11-13-18(14-12-17)28(29,30)31/h5-7,9-14,16,19,21,25H,1,8,15H2,2-4H3,(H2,32,36)(H,34,37)/t19?,21?,25-/m1/s1. The van der Waals surface area contributed by atoms with Crippen LogP contribution >= 0.6 is 0 Å². The molecule has 10 heteroatoms. The number of rotatable bonds is 9. The Bertz CT molecular complexity index is 1240. The molecule has 0 aliphatic carbocycles. The molecule has 38 heavy (non-hydrogen) atoms. The lowest BCUT2D eigenvalue weighted by molar-refractivity contribution is -0.137. The molecule has 1 aliphatic rings. The van der Waals surface area contributed by atoms with Gasteiger partial charge in [0.1, 0.15) is 0 Å². The van der Waals surface area contributed by atoms with E-state index in [9.17, 15) is 27.6 Å². The van der Waals surface area contributed by atoms with Gasteiger partial charge in [0, 0.05) is 18.2 Å². The Labute approximate surface area is 219 Å². The molecule has 2 aromatic rings. The van der Waals surface area contributed by atoms with Gasteiger partial charge in [-0.25, -0.2) is 4.99 Å². The topological polar surface area (TPSA) is 105 Å². The third kappa shape index (κ3) is 6.30. The monoisotopic (exact) mass is 528 g/mol. The van der Waals surface area contributed by atoms with Crippen LogP contribution in [0.2, 0.25) is 0 Å². The number of benzene rings is 2. The number of anilines is 1. The molecule has 0 saturated heterocycles. The number of carbonyl (C=O) groups is 3. The maximum absolute atomic E-state index is 13.5. The number of halogens is 3. The smallest absolute Gasteiger partial charge is 0.369 e. The van der Waals surface area contributed by atoms with Crippen molar-refractivity contribution in [1.29, 1.82) is 0 Å². The van der Waals surface area contributed by atoms with E-state index < -0.39 is 47.5 Å². The summed E-state index contributed by atoms with van der Waals surface area (Å²) in [7, 11) is 1.53. The predicted molar refractivity (Wildman–Crippen MR) is 139 cm³/mol. The Morgan fingerprint density at radius 1 is 1.13 bits per heavy atom. The molecule has 0 fully saturated rings. The van der Waals surface area contributed by atoms with E-state index in [1.54, 1.807) is 24.3 Å². The number of likely N-dealkylation sites (N-methyl/N-ethyl adjacent to an activating group) is 1. The second-order valence-electron chi connectivity index (χ2n) is 9.65. The molecule has 2 unspecified atom stereocenters. The highest BCUT2D eigenvalue weighted by Crippen LogP contribution is 2.32. The number of para-hydroxylation sites is 1. The lowest BCUT2D eigenvalue weighted by Crippen LogP contribution is -2.50. The lowest BCUT2D eigenvalue weighted by Gasteiger charge is -2.27. The molecule has 0 saturated carbocycles. The average molecular weight is 529 g/mol. The molecule has 7 nitrogen and oxygen atoms in total.